The smallest absolute Gasteiger partial charge is 0.192 e. The minimum Gasteiger partial charge on any atom is -0.413 e. The molecule has 4 rings (SSSR count). The molecule has 0 radical (unpaired) electrons. The highest BCUT2D eigenvalue weighted by Crippen LogP contribution is 2.67. The summed E-state index contributed by atoms with van der Waals surface area (Å²) in [6, 6.07) is 0. The van der Waals surface area contributed by atoms with Crippen molar-refractivity contribution in [1.82, 2.24) is 0 Å². The van der Waals surface area contributed by atoms with Crippen molar-refractivity contribution in [1.29, 1.82) is 0 Å². The minimum absolute atomic E-state index is 0.293. The van der Waals surface area contributed by atoms with Gasteiger partial charge in [-0.15, -0.1) is 0 Å². The fourth-order valence-electron chi connectivity index (χ4n) is 8.69. The maximum absolute atomic E-state index is 11.2. The highest BCUT2D eigenvalue weighted by molar-refractivity contribution is 6.74. The summed E-state index contributed by atoms with van der Waals surface area (Å²) in [5.41, 5.74) is 0.477. The first kappa shape index (κ1) is 24.3. The number of rotatable bonds is 4. The molecule has 4 aliphatic carbocycles. The van der Waals surface area contributed by atoms with Crippen LogP contribution in [0.4, 0.5) is 0 Å². The molecule has 1 N–H and O–H groups in total. The van der Waals surface area contributed by atoms with Crippen LogP contribution in [0.5, 0.6) is 0 Å². The summed E-state index contributed by atoms with van der Waals surface area (Å²) in [7, 11) is -1.73. The fourth-order valence-corrected chi connectivity index (χ4v) is 10.1. The van der Waals surface area contributed by atoms with Crippen molar-refractivity contribution in [3.63, 3.8) is 0 Å². The van der Waals surface area contributed by atoms with Gasteiger partial charge in [0.05, 0.1) is 11.7 Å². The first-order chi connectivity index (χ1) is 14.3. The average Bonchev–Trinajstić information content (AvgIpc) is 2.98. The molecular formula is C28H52O2Si. The molecule has 0 aliphatic heterocycles. The van der Waals surface area contributed by atoms with E-state index in [4.69, 9.17) is 4.43 Å². The van der Waals surface area contributed by atoms with Crippen LogP contribution in [-0.2, 0) is 4.43 Å². The Kier molecular flexibility index (Phi) is 6.13. The molecule has 0 spiro atoms. The molecule has 3 heteroatoms. The molecule has 0 saturated heterocycles. The molecule has 31 heavy (non-hydrogen) atoms. The highest BCUT2D eigenvalue weighted by Gasteiger charge is 2.62. The van der Waals surface area contributed by atoms with Crippen LogP contribution < -0.4 is 0 Å². The summed E-state index contributed by atoms with van der Waals surface area (Å²) in [5.74, 6) is 3.37. The zero-order valence-corrected chi connectivity index (χ0v) is 23.0. The highest BCUT2D eigenvalue weighted by atomic mass is 28.4. The summed E-state index contributed by atoms with van der Waals surface area (Å²) in [5, 5.41) is 11.5. The predicted molar refractivity (Wildman–Crippen MR) is 134 cm³/mol. The number of hydrogen-bond donors (Lipinski definition) is 1. The van der Waals surface area contributed by atoms with Gasteiger partial charge < -0.3 is 9.53 Å². The summed E-state index contributed by atoms with van der Waals surface area (Å²) in [4.78, 5) is 0. The van der Waals surface area contributed by atoms with E-state index in [-0.39, 0.29) is 5.60 Å². The maximum atomic E-state index is 11.2. The van der Waals surface area contributed by atoms with Crippen molar-refractivity contribution in [3.8, 4) is 0 Å². The van der Waals surface area contributed by atoms with E-state index in [1.165, 1.54) is 44.9 Å². The van der Waals surface area contributed by atoms with Crippen LogP contribution in [0.25, 0.3) is 0 Å². The Bertz CT molecular complexity index is 668. The van der Waals surface area contributed by atoms with E-state index in [1.54, 1.807) is 0 Å². The van der Waals surface area contributed by atoms with Crippen LogP contribution in [0.15, 0.2) is 0 Å². The van der Waals surface area contributed by atoms with Crippen molar-refractivity contribution in [2.24, 2.45) is 34.5 Å². The van der Waals surface area contributed by atoms with Crippen LogP contribution in [0, 0.1) is 34.5 Å². The Morgan fingerprint density at radius 3 is 2.23 bits per heavy atom. The van der Waals surface area contributed by atoms with Gasteiger partial charge in [-0.2, -0.15) is 0 Å². The summed E-state index contributed by atoms with van der Waals surface area (Å²) in [6.07, 6.45) is 14.1. The summed E-state index contributed by atoms with van der Waals surface area (Å²) >= 11 is 0. The largest absolute Gasteiger partial charge is 0.413 e. The quantitative estimate of drug-likeness (QED) is 0.442. The lowest BCUT2D eigenvalue weighted by atomic mass is 9.44. The van der Waals surface area contributed by atoms with Crippen LogP contribution >= 0.6 is 0 Å². The minimum atomic E-state index is -1.73. The van der Waals surface area contributed by atoms with E-state index in [2.05, 4.69) is 54.6 Å². The topological polar surface area (TPSA) is 29.5 Å². The second-order valence-corrected chi connectivity index (χ2v) is 19.1. The third-order valence-corrected chi connectivity index (χ3v) is 16.2. The second kappa shape index (κ2) is 7.84. The molecule has 0 bridgehead atoms. The lowest BCUT2D eigenvalue weighted by molar-refractivity contribution is -0.155. The molecule has 0 aromatic carbocycles. The van der Waals surface area contributed by atoms with Crippen LogP contribution in [0.3, 0.4) is 0 Å². The van der Waals surface area contributed by atoms with Gasteiger partial charge in [0.1, 0.15) is 0 Å². The van der Waals surface area contributed by atoms with Crippen LogP contribution in [0.1, 0.15) is 112 Å². The lowest BCUT2D eigenvalue weighted by Gasteiger charge is -2.62. The SMILES string of the molecule is CCC[C@@]1(O)CC[C@@]2(C)C(CC[C@H]3[C@@H]4CC[C@H](O[Si](C)(C)C(C)(C)C)[C@@]4(C)CC[C@@H]32)C1. The maximum Gasteiger partial charge on any atom is 0.192 e. The van der Waals surface area contributed by atoms with E-state index >= 15 is 0 Å². The van der Waals surface area contributed by atoms with Gasteiger partial charge in [-0.05, 0) is 117 Å². The molecule has 4 fully saturated rings. The zero-order chi connectivity index (χ0) is 22.9. The van der Waals surface area contributed by atoms with Crippen molar-refractivity contribution < 1.29 is 9.53 Å². The lowest BCUT2D eigenvalue weighted by Crippen LogP contribution is -2.57. The molecule has 0 amide bonds. The molecule has 1 unspecified atom stereocenters. The Morgan fingerprint density at radius 1 is 0.903 bits per heavy atom. The van der Waals surface area contributed by atoms with E-state index in [0.29, 0.717) is 22.0 Å². The first-order valence-corrected chi connectivity index (χ1v) is 16.6. The summed E-state index contributed by atoms with van der Waals surface area (Å²) < 4.78 is 7.11. The molecule has 0 aromatic heterocycles. The van der Waals surface area contributed by atoms with E-state index in [9.17, 15) is 5.11 Å². The second-order valence-electron chi connectivity index (χ2n) is 14.3. The number of hydrogen-bond acceptors (Lipinski definition) is 2. The van der Waals surface area contributed by atoms with Crippen molar-refractivity contribution in [2.45, 2.75) is 142 Å². The van der Waals surface area contributed by atoms with Gasteiger partial charge in [0.15, 0.2) is 8.32 Å². The van der Waals surface area contributed by atoms with Gasteiger partial charge in [0, 0.05) is 0 Å². The third-order valence-electron chi connectivity index (χ3n) is 11.7. The van der Waals surface area contributed by atoms with Gasteiger partial charge >= 0.3 is 0 Å². The van der Waals surface area contributed by atoms with E-state index < -0.39 is 8.32 Å². The first-order valence-electron chi connectivity index (χ1n) is 13.7. The molecule has 180 valence electrons. The van der Waals surface area contributed by atoms with Gasteiger partial charge in [-0.3, -0.25) is 0 Å². The Hall–Kier alpha value is 0.137. The molecular weight excluding hydrogens is 396 g/mol. The molecule has 0 aromatic rings. The van der Waals surface area contributed by atoms with E-state index in [0.717, 1.165) is 49.4 Å². The van der Waals surface area contributed by atoms with E-state index in [1.807, 2.05) is 0 Å². The Balaban J connectivity index is 1.51. The summed E-state index contributed by atoms with van der Waals surface area (Å²) in [6.45, 7) is 19.5. The van der Waals surface area contributed by atoms with Gasteiger partial charge in [0.2, 0.25) is 0 Å². The Labute approximate surface area is 194 Å². The van der Waals surface area contributed by atoms with Crippen molar-refractivity contribution in [2.75, 3.05) is 0 Å². The molecule has 8 atom stereocenters. The average molecular weight is 449 g/mol. The van der Waals surface area contributed by atoms with Crippen molar-refractivity contribution in [3.05, 3.63) is 0 Å². The fraction of sp³-hybridized carbons (Fsp3) is 1.00. The van der Waals surface area contributed by atoms with Gasteiger partial charge in [0.25, 0.3) is 0 Å². The van der Waals surface area contributed by atoms with Crippen LogP contribution in [0.2, 0.25) is 18.1 Å². The predicted octanol–water partition coefficient (Wildman–Crippen LogP) is 7.95. The van der Waals surface area contributed by atoms with Crippen LogP contribution in [-0.4, -0.2) is 25.1 Å². The normalized spacial score (nSPS) is 48.1. The number of fused-ring (bicyclic) bond motifs is 5. The Morgan fingerprint density at radius 2 is 1.58 bits per heavy atom. The molecule has 4 aliphatic rings. The van der Waals surface area contributed by atoms with Crippen molar-refractivity contribution >= 4 is 8.32 Å². The third kappa shape index (κ3) is 3.91. The molecule has 0 heterocycles. The number of aliphatic hydroxyl groups is 1. The monoisotopic (exact) mass is 448 g/mol. The molecule has 4 saturated carbocycles. The van der Waals surface area contributed by atoms with Gasteiger partial charge in [-0.1, -0.05) is 48.0 Å². The standard InChI is InChI=1S/C28H52O2Si/c1-9-15-28(29)18-17-26(5)20(19-28)10-11-21-22-12-13-24(27(22,6)16-14-23(21)26)30-31(7,8)25(2,3)4/h20-24,29H,9-19H2,1-8H3/t20?,21-,22-,23-,24-,26-,27-,28+/m0/s1. The molecule has 2 nitrogen and oxygen atoms in total. The zero-order valence-electron chi connectivity index (χ0n) is 22.0. The van der Waals surface area contributed by atoms with Gasteiger partial charge in [-0.25, -0.2) is 0 Å².